The van der Waals surface area contributed by atoms with Gasteiger partial charge in [-0.15, -0.1) is 11.3 Å². The Bertz CT molecular complexity index is 399. The molecule has 0 saturated carbocycles. The van der Waals surface area contributed by atoms with Gasteiger partial charge in [-0.25, -0.2) is 0 Å². The van der Waals surface area contributed by atoms with Crippen molar-refractivity contribution in [2.45, 2.75) is 0 Å². The monoisotopic (exact) mass is 254 g/mol. The van der Waals surface area contributed by atoms with Gasteiger partial charge in [0.05, 0.1) is 20.8 Å². The summed E-state index contributed by atoms with van der Waals surface area (Å²) in [5, 5.41) is 16.9. The number of carbonyl (C=O) groups excluding carboxylic acids is 1. The van der Waals surface area contributed by atoms with Crippen LogP contribution in [-0.2, 0) is 0 Å². The van der Waals surface area contributed by atoms with Crippen LogP contribution in [0.25, 0.3) is 0 Å². The Morgan fingerprint density at radius 2 is 2.08 bits per heavy atom. The Balaban J connectivity index is 2.94. The van der Waals surface area contributed by atoms with Gasteiger partial charge < -0.3 is 0 Å². The molecule has 0 aliphatic rings. The minimum atomic E-state index is -1.19. The van der Waals surface area contributed by atoms with Gasteiger partial charge in [0, 0.05) is 0 Å². The molecule has 0 aromatic carbocycles. The summed E-state index contributed by atoms with van der Waals surface area (Å²) in [5.74, 6) is -1.62. The maximum atomic E-state index is 11.4. The largest absolute Gasteiger partial charge is 0.291 e. The summed E-state index contributed by atoms with van der Waals surface area (Å²) < 4.78 is 0.811. The molecule has 0 atom stereocenters. The lowest BCUT2D eigenvalue weighted by Crippen LogP contribution is -2.08. The third-order valence-electron chi connectivity index (χ3n) is 1.34. The summed E-state index contributed by atoms with van der Waals surface area (Å²) in [5.41, 5.74) is 0. The first-order chi connectivity index (χ1) is 6.19. The van der Waals surface area contributed by atoms with Crippen LogP contribution in [0.2, 0.25) is 0 Å². The van der Waals surface area contributed by atoms with E-state index < -0.39 is 11.7 Å². The Hall–Kier alpha value is -1.17. The predicted molar refractivity (Wildman–Crippen MR) is 51.1 cm³/mol. The molecule has 0 bridgehead atoms. The number of Topliss-reactive ketones (excluding diaryl/α,β-unsaturated/α-hetero) is 1. The number of carbonyl (C=O) groups is 1. The SMILES string of the molecule is N#CC(C#N)C(=O)c1ccc(Br)s1. The number of ketones is 1. The van der Waals surface area contributed by atoms with Crippen molar-refractivity contribution < 1.29 is 4.79 Å². The van der Waals surface area contributed by atoms with Crippen molar-refractivity contribution in [1.82, 2.24) is 0 Å². The molecule has 0 aliphatic heterocycles. The topological polar surface area (TPSA) is 64.7 Å². The molecule has 64 valence electrons. The van der Waals surface area contributed by atoms with Gasteiger partial charge >= 0.3 is 0 Å². The summed E-state index contributed by atoms with van der Waals surface area (Å²) >= 11 is 4.41. The zero-order valence-electron chi connectivity index (χ0n) is 6.32. The molecular weight excluding hydrogens is 252 g/mol. The van der Waals surface area contributed by atoms with E-state index in [1.807, 2.05) is 0 Å². The van der Waals surface area contributed by atoms with Gasteiger partial charge in [-0.2, -0.15) is 10.5 Å². The second kappa shape index (κ2) is 4.18. The molecule has 0 unspecified atom stereocenters. The van der Waals surface area contributed by atoms with Crippen molar-refractivity contribution in [2.24, 2.45) is 5.92 Å². The third-order valence-corrected chi connectivity index (χ3v) is 2.97. The van der Waals surface area contributed by atoms with E-state index in [0.29, 0.717) is 4.88 Å². The average molecular weight is 255 g/mol. The quantitative estimate of drug-likeness (QED) is 0.762. The van der Waals surface area contributed by atoms with Crippen molar-refractivity contribution in [3.8, 4) is 12.1 Å². The van der Waals surface area contributed by atoms with Gasteiger partial charge in [-0.05, 0) is 28.1 Å². The fraction of sp³-hybridized carbons (Fsp3) is 0.125. The number of thiophene rings is 1. The Morgan fingerprint density at radius 3 is 2.46 bits per heavy atom. The van der Waals surface area contributed by atoms with E-state index in [1.54, 1.807) is 24.3 Å². The number of rotatable bonds is 2. The first-order valence-electron chi connectivity index (χ1n) is 3.28. The molecular formula is C8H3BrN2OS. The smallest absolute Gasteiger partial charge is 0.204 e. The van der Waals surface area contributed by atoms with E-state index in [2.05, 4.69) is 15.9 Å². The zero-order chi connectivity index (χ0) is 9.84. The molecule has 1 heterocycles. The van der Waals surface area contributed by atoms with Crippen LogP contribution in [0.3, 0.4) is 0 Å². The normalized spacial score (nSPS) is 9.23. The van der Waals surface area contributed by atoms with Crippen LogP contribution in [0.5, 0.6) is 0 Å². The molecule has 0 fully saturated rings. The molecule has 0 spiro atoms. The van der Waals surface area contributed by atoms with Gasteiger partial charge in [-0.3, -0.25) is 4.79 Å². The fourth-order valence-corrected chi connectivity index (χ4v) is 2.09. The molecule has 13 heavy (non-hydrogen) atoms. The lowest BCUT2D eigenvalue weighted by Gasteiger charge is -1.93. The molecule has 0 amide bonds. The highest BCUT2D eigenvalue weighted by molar-refractivity contribution is 9.11. The van der Waals surface area contributed by atoms with E-state index in [9.17, 15) is 4.79 Å². The first-order valence-corrected chi connectivity index (χ1v) is 4.88. The molecule has 1 aromatic rings. The van der Waals surface area contributed by atoms with Crippen LogP contribution in [0, 0.1) is 28.6 Å². The van der Waals surface area contributed by atoms with Crippen LogP contribution < -0.4 is 0 Å². The molecule has 5 heteroatoms. The van der Waals surface area contributed by atoms with Crippen LogP contribution in [0.15, 0.2) is 15.9 Å². The van der Waals surface area contributed by atoms with Gasteiger partial charge in [0.1, 0.15) is 0 Å². The second-order valence-corrected chi connectivity index (χ2v) is 4.62. The molecule has 3 nitrogen and oxygen atoms in total. The number of halogens is 1. The highest BCUT2D eigenvalue weighted by atomic mass is 79.9. The van der Waals surface area contributed by atoms with Gasteiger partial charge in [0.25, 0.3) is 0 Å². The lowest BCUT2D eigenvalue weighted by atomic mass is 10.1. The summed E-state index contributed by atoms with van der Waals surface area (Å²) in [4.78, 5) is 11.8. The zero-order valence-corrected chi connectivity index (χ0v) is 8.72. The van der Waals surface area contributed by atoms with Crippen molar-refractivity contribution in [3.63, 3.8) is 0 Å². The molecule has 0 radical (unpaired) electrons. The molecule has 0 aliphatic carbocycles. The van der Waals surface area contributed by atoms with Crippen molar-refractivity contribution in [3.05, 3.63) is 20.8 Å². The minimum absolute atomic E-state index is 0.430. The number of nitrogens with zero attached hydrogens (tertiary/aromatic N) is 2. The number of hydrogen-bond acceptors (Lipinski definition) is 4. The summed E-state index contributed by atoms with van der Waals surface area (Å²) in [6, 6.07) is 6.59. The maximum Gasteiger partial charge on any atom is 0.204 e. The minimum Gasteiger partial charge on any atom is -0.291 e. The first kappa shape index (κ1) is 9.91. The van der Waals surface area contributed by atoms with Gasteiger partial charge in [-0.1, -0.05) is 0 Å². The molecule has 1 rings (SSSR count). The maximum absolute atomic E-state index is 11.4. The highest BCUT2D eigenvalue weighted by Crippen LogP contribution is 2.24. The van der Waals surface area contributed by atoms with E-state index >= 15 is 0 Å². The standard InChI is InChI=1S/C8H3BrN2OS/c9-7-2-1-6(13-7)8(12)5(3-10)4-11/h1-2,5H. The van der Waals surface area contributed by atoms with E-state index in [4.69, 9.17) is 10.5 Å². The third kappa shape index (κ3) is 2.15. The second-order valence-electron chi connectivity index (χ2n) is 2.16. The molecule has 0 N–H and O–H groups in total. The molecule has 0 saturated heterocycles. The average Bonchev–Trinajstić information content (AvgIpc) is 2.54. The Labute approximate surface area is 87.3 Å². The van der Waals surface area contributed by atoms with Crippen LogP contribution in [0.1, 0.15) is 9.67 Å². The van der Waals surface area contributed by atoms with Crippen LogP contribution in [0.4, 0.5) is 0 Å². The lowest BCUT2D eigenvalue weighted by molar-refractivity contribution is 0.0975. The number of nitriles is 2. The fourth-order valence-electron chi connectivity index (χ4n) is 0.735. The van der Waals surface area contributed by atoms with Crippen molar-refractivity contribution in [1.29, 1.82) is 10.5 Å². The Kier molecular flexibility index (Phi) is 3.18. The van der Waals surface area contributed by atoms with E-state index in [-0.39, 0.29) is 0 Å². The van der Waals surface area contributed by atoms with E-state index in [1.165, 1.54) is 11.3 Å². The number of hydrogen-bond donors (Lipinski definition) is 0. The van der Waals surface area contributed by atoms with E-state index in [0.717, 1.165) is 3.79 Å². The summed E-state index contributed by atoms with van der Waals surface area (Å²) in [6.45, 7) is 0. The van der Waals surface area contributed by atoms with Crippen LogP contribution >= 0.6 is 27.3 Å². The summed E-state index contributed by atoms with van der Waals surface area (Å²) in [6.07, 6.45) is 0. The molecule has 1 aromatic heterocycles. The highest BCUT2D eigenvalue weighted by Gasteiger charge is 2.20. The van der Waals surface area contributed by atoms with Gasteiger partial charge in [0.15, 0.2) is 5.92 Å². The predicted octanol–water partition coefficient (Wildman–Crippen LogP) is 2.36. The Morgan fingerprint density at radius 1 is 1.46 bits per heavy atom. The van der Waals surface area contributed by atoms with Crippen molar-refractivity contribution >= 4 is 33.0 Å². The van der Waals surface area contributed by atoms with Gasteiger partial charge in [0.2, 0.25) is 5.78 Å². The van der Waals surface area contributed by atoms with Crippen LogP contribution in [-0.4, -0.2) is 5.78 Å². The van der Waals surface area contributed by atoms with Crippen molar-refractivity contribution in [2.75, 3.05) is 0 Å². The summed E-state index contributed by atoms with van der Waals surface area (Å²) in [7, 11) is 0.